The van der Waals surface area contributed by atoms with Gasteiger partial charge in [-0.3, -0.25) is 0 Å². The average Bonchev–Trinajstić information content (AvgIpc) is 3.39. The Kier molecular flexibility index (Phi) is 14.0. The summed E-state index contributed by atoms with van der Waals surface area (Å²) in [7, 11) is 0. The van der Waals surface area contributed by atoms with Crippen LogP contribution in [-0.4, -0.2) is 15.0 Å². The second-order valence-electron chi connectivity index (χ2n) is 17.0. The van der Waals surface area contributed by atoms with Gasteiger partial charge >= 0.3 is 20.1 Å². The van der Waals surface area contributed by atoms with Gasteiger partial charge < -0.3 is 15.0 Å². The van der Waals surface area contributed by atoms with Crippen molar-refractivity contribution in [3.63, 3.8) is 0 Å². The number of rotatable bonds is 13. The van der Waals surface area contributed by atoms with Crippen molar-refractivity contribution in [1.29, 1.82) is 0 Å². The molecule has 3 heterocycles. The molecule has 0 aliphatic heterocycles. The van der Waals surface area contributed by atoms with Gasteiger partial charge in [-0.1, -0.05) is 132 Å². The summed E-state index contributed by atoms with van der Waals surface area (Å²) in [6.45, 7) is 4.38. The molecular weight excluding hydrogens is 991 g/mol. The average molecular weight is 1040 g/mol. The number of hydrogen-bond acceptors (Lipinski definition) is 3. The van der Waals surface area contributed by atoms with E-state index in [0.717, 1.165) is 81.7 Å². The summed E-state index contributed by atoms with van der Waals surface area (Å²) >= 11 is 0. The molecular formula is C63H48IrN3. The van der Waals surface area contributed by atoms with Crippen LogP contribution in [0.15, 0.2) is 207 Å². The Morgan fingerprint density at radius 1 is 0.343 bits per heavy atom. The summed E-state index contributed by atoms with van der Waals surface area (Å²) in [6, 6.07) is 76.3. The van der Waals surface area contributed by atoms with Crippen LogP contribution < -0.4 is 0 Å². The normalized spacial score (nSPS) is 11.0. The van der Waals surface area contributed by atoms with E-state index in [-0.39, 0.29) is 20.1 Å². The van der Waals surface area contributed by atoms with E-state index in [1.54, 1.807) is 0 Å². The first-order valence-electron chi connectivity index (χ1n) is 22.7. The molecule has 0 spiro atoms. The van der Waals surface area contributed by atoms with E-state index < -0.39 is 0 Å². The minimum atomic E-state index is 0. The van der Waals surface area contributed by atoms with E-state index in [1.165, 1.54) is 55.6 Å². The molecule has 0 fully saturated rings. The summed E-state index contributed by atoms with van der Waals surface area (Å²) in [5, 5.41) is 0. The molecule has 0 N–H and O–H groups in total. The second-order valence-corrected chi connectivity index (χ2v) is 17.0. The van der Waals surface area contributed by atoms with Gasteiger partial charge in [0.2, 0.25) is 0 Å². The predicted octanol–water partition coefficient (Wildman–Crippen LogP) is 15.1. The zero-order chi connectivity index (χ0) is 44.7. The smallest absolute Gasteiger partial charge is 0.304 e. The fourth-order valence-electron chi connectivity index (χ4n) is 8.84. The molecule has 0 aliphatic rings. The summed E-state index contributed by atoms with van der Waals surface area (Å²) in [5.41, 5.74) is 22.8. The molecule has 0 atom stereocenters. The van der Waals surface area contributed by atoms with E-state index in [4.69, 9.17) is 15.0 Å². The fraction of sp³-hybridized carbons (Fsp3) is 0.0952. The van der Waals surface area contributed by atoms with E-state index >= 15 is 0 Å². The van der Waals surface area contributed by atoms with Crippen LogP contribution in [0.5, 0.6) is 0 Å². The van der Waals surface area contributed by atoms with Crippen LogP contribution in [0.2, 0.25) is 0 Å². The number of aromatic nitrogens is 3. The monoisotopic (exact) mass is 1040 g/mol. The molecule has 10 aromatic rings. The minimum absolute atomic E-state index is 0. The standard InChI is InChI=1S/C63H48N3.Ir/c1-44-35-62(51-17-8-4-9-18-51)65-41-55(44)27-25-46-37-47(26-28-56-42-66-63(36-45(56)2)52-19-10-5-11-20-52)39-58(38-46)60-24-13-12-23-59(60)57-33-34-61(64-43-57)54-22-14-21-53(40-54)50-31-29-49(30-32-50)48-15-6-3-7-16-48;/h3-17,19,21,23-24,29-43H,25-28H2,1-2H3;/q-3;+3. The Morgan fingerprint density at radius 3 is 1.37 bits per heavy atom. The van der Waals surface area contributed by atoms with Crippen LogP contribution in [0.3, 0.4) is 0 Å². The van der Waals surface area contributed by atoms with E-state index in [2.05, 4.69) is 172 Å². The van der Waals surface area contributed by atoms with E-state index in [9.17, 15) is 0 Å². The minimum Gasteiger partial charge on any atom is -0.304 e. The molecule has 0 radical (unpaired) electrons. The quantitative estimate of drug-likeness (QED) is 0.108. The molecule has 67 heavy (non-hydrogen) atoms. The molecule has 10 rings (SSSR count). The SMILES string of the molecule is Cc1cc(-c2[c-]cccc2)ncc1CCc1cc(CCc2cnc(-c3[c-]cccc3)cc2C)cc(-c2ccccc2-c2ccc(-c3[c-]ccc(-c4ccc(-c5ccccc5)cc4)c3)nc2)c1.[Ir+3]. The van der Waals surface area contributed by atoms with Gasteiger partial charge in [0, 0.05) is 18.6 Å². The van der Waals surface area contributed by atoms with Gasteiger partial charge in [0.05, 0.1) is 0 Å². The Hall–Kier alpha value is -7.36. The summed E-state index contributed by atoms with van der Waals surface area (Å²) in [4.78, 5) is 14.7. The molecule has 7 aromatic carbocycles. The van der Waals surface area contributed by atoms with Crippen molar-refractivity contribution in [3.8, 4) is 78.3 Å². The van der Waals surface area contributed by atoms with Crippen LogP contribution in [0, 0.1) is 32.0 Å². The van der Waals surface area contributed by atoms with Crippen molar-refractivity contribution in [3.05, 3.63) is 258 Å². The summed E-state index contributed by atoms with van der Waals surface area (Å²) in [5.74, 6) is 0. The largest absolute Gasteiger partial charge is 3.00 e. The Bertz CT molecular complexity index is 3130. The topological polar surface area (TPSA) is 38.7 Å². The van der Waals surface area contributed by atoms with Gasteiger partial charge in [-0.2, -0.15) is 0 Å². The molecule has 0 aliphatic carbocycles. The molecule has 0 amide bonds. The maximum Gasteiger partial charge on any atom is 3.00 e. The molecule has 4 heteroatoms. The van der Waals surface area contributed by atoms with Crippen molar-refractivity contribution in [1.82, 2.24) is 15.0 Å². The molecule has 0 saturated carbocycles. The van der Waals surface area contributed by atoms with Crippen LogP contribution in [0.4, 0.5) is 0 Å². The maximum absolute atomic E-state index is 5.03. The van der Waals surface area contributed by atoms with Gasteiger partial charge in [-0.05, 0) is 118 Å². The van der Waals surface area contributed by atoms with Crippen molar-refractivity contribution >= 4 is 0 Å². The van der Waals surface area contributed by atoms with Crippen molar-refractivity contribution in [2.24, 2.45) is 0 Å². The number of pyridine rings is 3. The second kappa shape index (κ2) is 20.9. The first-order chi connectivity index (χ1) is 32.5. The predicted molar refractivity (Wildman–Crippen MR) is 272 cm³/mol. The van der Waals surface area contributed by atoms with E-state index in [0.29, 0.717) is 0 Å². The third-order valence-electron chi connectivity index (χ3n) is 12.5. The number of nitrogens with zero attached hydrogens (tertiary/aromatic N) is 3. The Balaban J connectivity index is 0.00000562. The molecule has 3 nitrogen and oxygen atoms in total. The third-order valence-corrected chi connectivity index (χ3v) is 12.5. The molecule has 0 unspecified atom stereocenters. The summed E-state index contributed by atoms with van der Waals surface area (Å²) < 4.78 is 0. The Labute approximate surface area is 408 Å². The first-order valence-corrected chi connectivity index (χ1v) is 22.7. The van der Waals surface area contributed by atoms with Crippen LogP contribution in [-0.2, 0) is 45.8 Å². The summed E-state index contributed by atoms with van der Waals surface area (Å²) in [6.07, 6.45) is 9.69. The van der Waals surface area contributed by atoms with Crippen molar-refractivity contribution in [2.75, 3.05) is 0 Å². The number of benzene rings is 7. The molecule has 3 aromatic heterocycles. The third kappa shape index (κ3) is 10.5. The first kappa shape index (κ1) is 44.8. The van der Waals surface area contributed by atoms with Crippen molar-refractivity contribution in [2.45, 2.75) is 39.5 Å². The number of aryl methyl sites for hydroxylation is 6. The van der Waals surface area contributed by atoms with Crippen LogP contribution in [0.25, 0.3) is 78.3 Å². The Morgan fingerprint density at radius 2 is 0.836 bits per heavy atom. The van der Waals surface area contributed by atoms with Gasteiger partial charge in [0.1, 0.15) is 0 Å². The van der Waals surface area contributed by atoms with Gasteiger partial charge in [-0.25, -0.2) is 0 Å². The van der Waals surface area contributed by atoms with E-state index in [1.807, 2.05) is 67.1 Å². The zero-order valence-corrected chi connectivity index (χ0v) is 40.0. The van der Waals surface area contributed by atoms with Crippen molar-refractivity contribution < 1.29 is 20.1 Å². The number of hydrogen-bond donors (Lipinski definition) is 0. The molecule has 324 valence electrons. The van der Waals surface area contributed by atoms with Crippen LogP contribution >= 0.6 is 0 Å². The maximum atomic E-state index is 5.03. The van der Waals surface area contributed by atoms with Gasteiger partial charge in [-0.15, -0.1) is 107 Å². The molecule has 0 saturated heterocycles. The van der Waals surface area contributed by atoms with Crippen LogP contribution in [0.1, 0.15) is 33.4 Å². The van der Waals surface area contributed by atoms with Gasteiger partial charge in [0.25, 0.3) is 0 Å². The fourth-order valence-corrected chi connectivity index (χ4v) is 8.84. The zero-order valence-electron chi connectivity index (χ0n) is 37.6. The molecule has 0 bridgehead atoms. The van der Waals surface area contributed by atoms with Gasteiger partial charge in [0.15, 0.2) is 0 Å².